The van der Waals surface area contributed by atoms with Crippen molar-refractivity contribution >= 4 is 0 Å². The molecule has 0 aromatic heterocycles. The van der Waals surface area contributed by atoms with Gasteiger partial charge in [-0.15, -0.1) is 0 Å². The Morgan fingerprint density at radius 2 is 1.57 bits per heavy atom. The molecule has 0 amide bonds. The Balaban J connectivity index is 1.95. The molecule has 1 N–H and O–H groups in total. The summed E-state index contributed by atoms with van der Waals surface area (Å²) < 4.78 is 10.8. The Morgan fingerprint density at radius 1 is 0.905 bits per heavy atom. The second-order valence-electron chi connectivity index (χ2n) is 5.38. The second kappa shape index (κ2) is 6.19. The maximum absolute atomic E-state index is 5.39. The normalized spacial score (nSPS) is 21.2. The van der Waals surface area contributed by atoms with Crippen molar-refractivity contribution < 1.29 is 9.47 Å². The molecule has 0 aliphatic carbocycles. The molecular weight excluding hydrogens is 262 g/mol. The van der Waals surface area contributed by atoms with Crippen LogP contribution < -0.4 is 14.8 Å². The van der Waals surface area contributed by atoms with Crippen LogP contribution in [0.15, 0.2) is 48.5 Å². The standard InChI is InChI=1S/C18H21NO2/c1-20-15-10-14(11-16(12-15)21-2)18-17(8-9-19-18)13-6-4-3-5-7-13/h3-7,10-12,17-19H,8-9H2,1-2H3. The minimum absolute atomic E-state index is 0.302. The van der Waals surface area contributed by atoms with Gasteiger partial charge < -0.3 is 14.8 Å². The van der Waals surface area contributed by atoms with Crippen molar-refractivity contribution in [2.45, 2.75) is 18.4 Å². The molecule has 3 nitrogen and oxygen atoms in total. The summed E-state index contributed by atoms with van der Waals surface area (Å²) in [7, 11) is 3.38. The van der Waals surface area contributed by atoms with Gasteiger partial charge in [-0.05, 0) is 36.2 Å². The molecule has 1 aliphatic heterocycles. The van der Waals surface area contributed by atoms with Gasteiger partial charge in [0.15, 0.2) is 0 Å². The lowest BCUT2D eigenvalue weighted by Crippen LogP contribution is -2.17. The number of methoxy groups -OCH3 is 2. The molecule has 21 heavy (non-hydrogen) atoms. The number of benzene rings is 2. The van der Waals surface area contributed by atoms with Gasteiger partial charge >= 0.3 is 0 Å². The molecule has 3 rings (SSSR count). The van der Waals surface area contributed by atoms with Gasteiger partial charge in [0.1, 0.15) is 11.5 Å². The Kier molecular flexibility index (Phi) is 4.11. The third-order valence-corrected chi connectivity index (χ3v) is 4.18. The molecule has 0 spiro atoms. The van der Waals surface area contributed by atoms with Crippen LogP contribution in [0.1, 0.15) is 29.5 Å². The summed E-state index contributed by atoms with van der Waals surface area (Å²) in [4.78, 5) is 0. The van der Waals surface area contributed by atoms with Crippen LogP contribution in [0.4, 0.5) is 0 Å². The topological polar surface area (TPSA) is 30.5 Å². The van der Waals surface area contributed by atoms with E-state index in [4.69, 9.17) is 9.47 Å². The summed E-state index contributed by atoms with van der Waals surface area (Å²) in [6.45, 7) is 1.03. The van der Waals surface area contributed by atoms with E-state index in [-0.39, 0.29) is 0 Å². The molecule has 1 heterocycles. The van der Waals surface area contributed by atoms with Gasteiger partial charge in [-0.1, -0.05) is 30.3 Å². The zero-order chi connectivity index (χ0) is 14.7. The molecule has 2 aromatic carbocycles. The highest BCUT2D eigenvalue weighted by molar-refractivity contribution is 5.41. The minimum atomic E-state index is 0.302. The Labute approximate surface area is 125 Å². The minimum Gasteiger partial charge on any atom is -0.497 e. The summed E-state index contributed by atoms with van der Waals surface area (Å²) in [5.74, 6) is 2.16. The fraction of sp³-hybridized carbons (Fsp3) is 0.333. The average molecular weight is 283 g/mol. The molecular formula is C18H21NO2. The summed E-state index contributed by atoms with van der Waals surface area (Å²) in [6.07, 6.45) is 1.15. The van der Waals surface area contributed by atoms with E-state index in [1.54, 1.807) is 14.2 Å². The van der Waals surface area contributed by atoms with E-state index >= 15 is 0 Å². The van der Waals surface area contributed by atoms with Gasteiger partial charge in [0, 0.05) is 18.0 Å². The first kappa shape index (κ1) is 14.0. The van der Waals surface area contributed by atoms with Gasteiger partial charge in [0.05, 0.1) is 14.2 Å². The molecule has 0 saturated carbocycles. The Morgan fingerprint density at radius 3 is 2.19 bits per heavy atom. The zero-order valence-corrected chi connectivity index (χ0v) is 12.5. The van der Waals surface area contributed by atoms with Crippen molar-refractivity contribution in [3.05, 3.63) is 59.7 Å². The highest BCUT2D eigenvalue weighted by atomic mass is 16.5. The Hall–Kier alpha value is -2.00. The van der Waals surface area contributed by atoms with E-state index in [0.29, 0.717) is 12.0 Å². The average Bonchev–Trinajstić information content (AvgIpc) is 3.04. The molecule has 1 aliphatic rings. The van der Waals surface area contributed by atoms with E-state index < -0.39 is 0 Å². The molecule has 1 saturated heterocycles. The quantitative estimate of drug-likeness (QED) is 0.931. The summed E-state index contributed by atoms with van der Waals surface area (Å²) in [5, 5.41) is 3.61. The molecule has 2 atom stereocenters. The summed E-state index contributed by atoms with van der Waals surface area (Å²) in [5.41, 5.74) is 2.60. The smallest absolute Gasteiger partial charge is 0.122 e. The molecule has 2 aromatic rings. The van der Waals surface area contributed by atoms with E-state index in [0.717, 1.165) is 24.5 Å². The fourth-order valence-electron chi connectivity index (χ4n) is 3.12. The van der Waals surface area contributed by atoms with Gasteiger partial charge in [0.2, 0.25) is 0 Å². The van der Waals surface area contributed by atoms with Crippen LogP contribution in [0.25, 0.3) is 0 Å². The largest absolute Gasteiger partial charge is 0.497 e. The first-order valence-electron chi connectivity index (χ1n) is 7.33. The molecule has 0 radical (unpaired) electrons. The molecule has 3 heteroatoms. The third kappa shape index (κ3) is 2.88. The van der Waals surface area contributed by atoms with Crippen molar-refractivity contribution in [3.8, 4) is 11.5 Å². The van der Waals surface area contributed by atoms with Crippen LogP contribution in [0.3, 0.4) is 0 Å². The third-order valence-electron chi connectivity index (χ3n) is 4.18. The van der Waals surface area contributed by atoms with Crippen molar-refractivity contribution in [2.24, 2.45) is 0 Å². The Bertz CT molecular complexity index is 575. The van der Waals surface area contributed by atoms with Crippen molar-refractivity contribution in [1.82, 2.24) is 5.32 Å². The second-order valence-corrected chi connectivity index (χ2v) is 5.38. The van der Waals surface area contributed by atoms with Crippen LogP contribution in [0.5, 0.6) is 11.5 Å². The molecule has 1 fully saturated rings. The van der Waals surface area contributed by atoms with Crippen molar-refractivity contribution in [1.29, 1.82) is 0 Å². The molecule has 110 valence electrons. The highest BCUT2D eigenvalue weighted by Gasteiger charge is 2.29. The van der Waals surface area contributed by atoms with Crippen LogP contribution in [0, 0.1) is 0 Å². The van der Waals surface area contributed by atoms with Gasteiger partial charge in [-0.25, -0.2) is 0 Å². The SMILES string of the molecule is COc1cc(OC)cc(C2NCCC2c2ccccc2)c1. The maximum Gasteiger partial charge on any atom is 0.122 e. The molecule has 0 bridgehead atoms. The zero-order valence-electron chi connectivity index (χ0n) is 12.5. The number of nitrogens with one attached hydrogen (secondary N) is 1. The lowest BCUT2D eigenvalue weighted by atomic mass is 9.88. The van der Waals surface area contributed by atoms with Crippen LogP contribution in [-0.4, -0.2) is 20.8 Å². The van der Waals surface area contributed by atoms with Crippen LogP contribution in [0.2, 0.25) is 0 Å². The number of ether oxygens (including phenoxy) is 2. The lowest BCUT2D eigenvalue weighted by Gasteiger charge is -2.21. The lowest BCUT2D eigenvalue weighted by molar-refractivity contribution is 0.391. The van der Waals surface area contributed by atoms with Crippen molar-refractivity contribution in [3.63, 3.8) is 0 Å². The number of hydrogen-bond donors (Lipinski definition) is 1. The van der Waals surface area contributed by atoms with Crippen LogP contribution in [-0.2, 0) is 0 Å². The van der Waals surface area contributed by atoms with Crippen LogP contribution >= 0.6 is 0 Å². The predicted molar refractivity (Wildman–Crippen MR) is 84.1 cm³/mol. The van der Waals surface area contributed by atoms with E-state index in [1.165, 1.54) is 11.1 Å². The number of rotatable bonds is 4. The summed E-state index contributed by atoms with van der Waals surface area (Å²) >= 11 is 0. The van der Waals surface area contributed by atoms with E-state index in [2.05, 4.69) is 47.8 Å². The number of hydrogen-bond acceptors (Lipinski definition) is 3. The van der Waals surface area contributed by atoms with E-state index in [1.807, 2.05) is 6.07 Å². The summed E-state index contributed by atoms with van der Waals surface area (Å²) in [6, 6.07) is 17.1. The van der Waals surface area contributed by atoms with Gasteiger partial charge in [-0.2, -0.15) is 0 Å². The molecule has 2 unspecified atom stereocenters. The first-order chi connectivity index (χ1) is 10.3. The van der Waals surface area contributed by atoms with E-state index in [9.17, 15) is 0 Å². The van der Waals surface area contributed by atoms with Gasteiger partial charge in [0.25, 0.3) is 0 Å². The van der Waals surface area contributed by atoms with Gasteiger partial charge in [-0.3, -0.25) is 0 Å². The maximum atomic E-state index is 5.39. The predicted octanol–water partition coefficient (Wildman–Crippen LogP) is 3.52. The highest BCUT2D eigenvalue weighted by Crippen LogP contribution is 2.39. The van der Waals surface area contributed by atoms with Crippen molar-refractivity contribution in [2.75, 3.05) is 20.8 Å². The fourth-order valence-corrected chi connectivity index (χ4v) is 3.12. The monoisotopic (exact) mass is 283 g/mol. The first-order valence-corrected chi connectivity index (χ1v) is 7.33.